The second kappa shape index (κ2) is 9.43. The van der Waals surface area contributed by atoms with Crippen molar-refractivity contribution in [1.82, 2.24) is 20.2 Å². The summed E-state index contributed by atoms with van der Waals surface area (Å²) in [6.45, 7) is 3.32. The number of halogens is 1. The van der Waals surface area contributed by atoms with Crippen LogP contribution in [0.2, 0.25) is 0 Å². The lowest BCUT2D eigenvalue weighted by Crippen LogP contribution is -2.52. The minimum Gasteiger partial charge on any atom is -0.493 e. The normalized spacial score (nSPS) is 24.1. The second-order valence-electron chi connectivity index (χ2n) is 10.4. The molecular weight excluding hydrogens is 443 g/mol. The Balaban J connectivity index is 1.27. The molecule has 6 nitrogen and oxygen atoms in total. The molecule has 2 saturated heterocycles. The van der Waals surface area contributed by atoms with E-state index >= 15 is 4.39 Å². The molecule has 3 fully saturated rings. The first-order chi connectivity index (χ1) is 17.2. The summed E-state index contributed by atoms with van der Waals surface area (Å²) in [7, 11) is 3.22. The summed E-state index contributed by atoms with van der Waals surface area (Å²) in [5.41, 5.74) is 2.83. The third kappa shape index (κ3) is 4.29. The van der Waals surface area contributed by atoms with Crippen molar-refractivity contribution in [2.24, 2.45) is 5.92 Å². The Kier molecular flexibility index (Phi) is 6.14. The number of H-pyrrole nitrogens is 1. The molecule has 0 radical (unpaired) electrons. The van der Waals surface area contributed by atoms with Crippen molar-refractivity contribution in [2.75, 3.05) is 33.9 Å². The molecule has 1 aliphatic carbocycles. The number of rotatable bonds is 6. The summed E-state index contributed by atoms with van der Waals surface area (Å²) < 4.78 is 26.7. The number of imidazole rings is 1. The molecule has 3 aliphatic rings. The molecule has 0 spiro atoms. The van der Waals surface area contributed by atoms with Gasteiger partial charge in [-0.25, -0.2) is 9.37 Å². The zero-order valence-electron chi connectivity index (χ0n) is 20.6. The van der Waals surface area contributed by atoms with Crippen LogP contribution in [-0.4, -0.2) is 60.8 Å². The lowest BCUT2D eigenvalue weighted by atomic mass is 9.81. The fourth-order valence-electron chi connectivity index (χ4n) is 6.33. The van der Waals surface area contributed by atoms with Crippen molar-refractivity contribution >= 4 is 11.0 Å². The maximum absolute atomic E-state index is 15.9. The van der Waals surface area contributed by atoms with Crippen LogP contribution >= 0.6 is 0 Å². The summed E-state index contributed by atoms with van der Waals surface area (Å²) >= 11 is 0. The first-order valence-electron chi connectivity index (χ1n) is 13.0. The SMILES string of the molecule is COc1ccc(-c2nc3ccc(C4CCN(C5CCNCC5)[C@@H](C5CC5)C4)c(F)c3[nH]2)cc1OC. The molecule has 3 aromatic rings. The van der Waals surface area contributed by atoms with Crippen LogP contribution < -0.4 is 14.8 Å². The van der Waals surface area contributed by atoms with E-state index in [2.05, 4.69) is 20.2 Å². The average molecular weight is 479 g/mol. The molecule has 1 aromatic heterocycles. The van der Waals surface area contributed by atoms with Crippen LogP contribution in [0.1, 0.15) is 50.0 Å². The molecule has 2 N–H and O–H groups in total. The summed E-state index contributed by atoms with van der Waals surface area (Å²) in [6, 6.07) is 10.9. The highest BCUT2D eigenvalue weighted by atomic mass is 19.1. The standard InChI is InChI=1S/C28H35FN4O2/c1-34-24-8-5-19(16-25(24)35-2)28-31-22-7-6-21(26(29)27(22)32-28)18-11-14-33(20-9-12-30-13-10-20)23(15-18)17-3-4-17/h5-8,16-18,20,23,30H,3-4,9-15H2,1-2H3,(H,31,32)/t18?,23-/m1/s1. The van der Waals surface area contributed by atoms with Crippen LogP contribution in [0.15, 0.2) is 30.3 Å². The van der Waals surface area contributed by atoms with Crippen LogP contribution in [0, 0.1) is 11.7 Å². The molecule has 2 atom stereocenters. The molecule has 3 heterocycles. The molecule has 2 aliphatic heterocycles. The lowest BCUT2D eigenvalue weighted by Gasteiger charge is -2.45. The van der Waals surface area contributed by atoms with Crippen molar-refractivity contribution in [3.8, 4) is 22.9 Å². The van der Waals surface area contributed by atoms with E-state index in [1.807, 2.05) is 30.3 Å². The first-order valence-corrected chi connectivity index (χ1v) is 13.0. The summed E-state index contributed by atoms with van der Waals surface area (Å²) in [5.74, 6) is 2.82. The molecule has 1 saturated carbocycles. The van der Waals surface area contributed by atoms with Gasteiger partial charge in [0.1, 0.15) is 11.3 Å². The number of aromatic nitrogens is 2. The van der Waals surface area contributed by atoms with Crippen LogP contribution in [0.25, 0.3) is 22.4 Å². The van der Waals surface area contributed by atoms with Gasteiger partial charge in [0.25, 0.3) is 0 Å². The smallest absolute Gasteiger partial charge is 0.161 e. The van der Waals surface area contributed by atoms with Gasteiger partial charge in [0, 0.05) is 17.6 Å². The maximum Gasteiger partial charge on any atom is 0.161 e. The Morgan fingerprint density at radius 1 is 0.971 bits per heavy atom. The van der Waals surface area contributed by atoms with Crippen molar-refractivity contribution in [3.63, 3.8) is 0 Å². The minimum absolute atomic E-state index is 0.142. The van der Waals surface area contributed by atoms with Crippen molar-refractivity contribution in [3.05, 3.63) is 41.7 Å². The number of piperidine rings is 2. The van der Waals surface area contributed by atoms with Gasteiger partial charge in [-0.2, -0.15) is 0 Å². The van der Waals surface area contributed by atoms with Crippen molar-refractivity contribution in [1.29, 1.82) is 0 Å². The van der Waals surface area contributed by atoms with E-state index in [1.54, 1.807) is 14.2 Å². The number of aromatic amines is 1. The fraction of sp³-hybridized carbons (Fsp3) is 0.536. The highest BCUT2D eigenvalue weighted by molar-refractivity contribution is 5.81. The highest BCUT2D eigenvalue weighted by Gasteiger charge is 2.42. The Bertz CT molecular complexity index is 1200. The van der Waals surface area contributed by atoms with Gasteiger partial charge in [0.05, 0.1) is 19.7 Å². The molecule has 0 amide bonds. The average Bonchev–Trinajstić information content (AvgIpc) is 3.67. The number of fused-ring (bicyclic) bond motifs is 1. The number of benzene rings is 2. The molecule has 186 valence electrons. The Morgan fingerprint density at radius 3 is 2.51 bits per heavy atom. The number of hydrogen-bond donors (Lipinski definition) is 2. The van der Waals surface area contributed by atoms with Gasteiger partial charge in [0.2, 0.25) is 0 Å². The van der Waals surface area contributed by atoms with Gasteiger partial charge in [-0.15, -0.1) is 0 Å². The zero-order valence-corrected chi connectivity index (χ0v) is 20.6. The van der Waals surface area contributed by atoms with E-state index in [-0.39, 0.29) is 11.7 Å². The van der Waals surface area contributed by atoms with E-state index in [4.69, 9.17) is 9.47 Å². The van der Waals surface area contributed by atoms with Gasteiger partial charge in [0.15, 0.2) is 17.3 Å². The van der Waals surface area contributed by atoms with E-state index < -0.39 is 0 Å². The molecular formula is C28H35FN4O2. The number of nitrogens with one attached hydrogen (secondary N) is 2. The second-order valence-corrected chi connectivity index (χ2v) is 10.4. The summed E-state index contributed by atoms with van der Waals surface area (Å²) in [6.07, 6.45) is 7.22. The Morgan fingerprint density at radius 2 is 1.77 bits per heavy atom. The molecule has 35 heavy (non-hydrogen) atoms. The van der Waals surface area contributed by atoms with E-state index in [0.29, 0.717) is 40.4 Å². The van der Waals surface area contributed by atoms with Gasteiger partial charge < -0.3 is 19.8 Å². The summed E-state index contributed by atoms with van der Waals surface area (Å²) in [5, 5.41) is 3.50. The summed E-state index contributed by atoms with van der Waals surface area (Å²) in [4.78, 5) is 10.7. The molecule has 1 unspecified atom stereocenters. The number of likely N-dealkylation sites (tertiary alicyclic amines) is 1. The van der Waals surface area contributed by atoms with Crippen molar-refractivity contribution in [2.45, 2.75) is 56.5 Å². The molecule has 7 heteroatoms. The predicted octanol–water partition coefficient (Wildman–Crippen LogP) is 5.10. The zero-order chi connectivity index (χ0) is 23.9. The fourth-order valence-corrected chi connectivity index (χ4v) is 6.33. The maximum atomic E-state index is 15.9. The predicted molar refractivity (Wildman–Crippen MR) is 136 cm³/mol. The number of methoxy groups -OCH3 is 2. The van der Waals surface area contributed by atoms with Gasteiger partial charge in [-0.1, -0.05) is 6.07 Å². The Hall–Kier alpha value is -2.64. The van der Waals surface area contributed by atoms with Crippen LogP contribution in [0.5, 0.6) is 11.5 Å². The van der Waals surface area contributed by atoms with Crippen LogP contribution in [0.4, 0.5) is 4.39 Å². The van der Waals surface area contributed by atoms with Crippen molar-refractivity contribution < 1.29 is 13.9 Å². The number of ether oxygens (including phenoxy) is 2. The van der Waals surface area contributed by atoms with Gasteiger partial charge in [-0.3, -0.25) is 4.90 Å². The van der Waals surface area contributed by atoms with E-state index in [1.165, 1.54) is 25.7 Å². The van der Waals surface area contributed by atoms with E-state index in [0.717, 1.165) is 49.5 Å². The largest absolute Gasteiger partial charge is 0.493 e. The highest BCUT2D eigenvalue weighted by Crippen LogP contribution is 2.45. The third-order valence-corrected chi connectivity index (χ3v) is 8.35. The van der Waals surface area contributed by atoms with E-state index in [9.17, 15) is 0 Å². The minimum atomic E-state index is -0.142. The van der Waals surface area contributed by atoms with Crippen LogP contribution in [0.3, 0.4) is 0 Å². The number of hydrogen-bond acceptors (Lipinski definition) is 5. The topological polar surface area (TPSA) is 62.4 Å². The van der Waals surface area contributed by atoms with Gasteiger partial charge >= 0.3 is 0 Å². The first kappa shape index (κ1) is 22.8. The molecule has 6 rings (SSSR count). The van der Waals surface area contributed by atoms with Gasteiger partial charge in [-0.05, 0) is 99.8 Å². The quantitative estimate of drug-likeness (QED) is 0.516. The molecule has 2 aromatic carbocycles. The lowest BCUT2D eigenvalue weighted by molar-refractivity contribution is 0.0553. The molecule has 0 bridgehead atoms. The monoisotopic (exact) mass is 478 g/mol. The number of nitrogens with zero attached hydrogens (tertiary/aromatic N) is 2. The third-order valence-electron chi connectivity index (χ3n) is 8.35. The van der Waals surface area contributed by atoms with Crippen LogP contribution in [-0.2, 0) is 0 Å². The Labute approximate surface area is 206 Å².